The molecule has 0 radical (unpaired) electrons. The molecular formula is C10H14N2O. The van der Waals surface area contributed by atoms with Gasteiger partial charge in [0.2, 0.25) is 0 Å². The molecule has 0 amide bonds. The highest BCUT2D eigenvalue weighted by atomic mass is 16.1. The van der Waals surface area contributed by atoms with Crippen LogP contribution in [-0.4, -0.2) is 17.8 Å². The molecule has 13 heavy (non-hydrogen) atoms. The van der Waals surface area contributed by atoms with Crippen molar-refractivity contribution in [2.24, 2.45) is 5.92 Å². The zero-order valence-electron chi connectivity index (χ0n) is 8.16. The van der Waals surface area contributed by atoms with E-state index in [9.17, 15) is 4.79 Å². The fraction of sp³-hybridized carbons (Fsp3) is 0.400. The molecule has 0 fully saturated rings. The number of Topliss-reactive ketones (excluding diaryl/α,β-unsaturated/α-hetero) is 1. The molecule has 3 heteroatoms. The predicted molar refractivity (Wildman–Crippen MR) is 53.0 cm³/mol. The standard InChI is InChI=1S/C10H14N2O/c1-7(2)10(13)8-4-5-12-9(6-8)11-3/h4-7H,1-3H3,(H,11,12). The number of aromatic nitrogens is 1. The molecule has 0 atom stereocenters. The lowest BCUT2D eigenvalue weighted by Crippen LogP contribution is -2.08. The third-order valence-electron chi connectivity index (χ3n) is 1.82. The summed E-state index contributed by atoms with van der Waals surface area (Å²) in [5.41, 5.74) is 0.717. The van der Waals surface area contributed by atoms with Gasteiger partial charge in [0.15, 0.2) is 5.78 Å². The van der Waals surface area contributed by atoms with Crippen LogP contribution in [0.25, 0.3) is 0 Å². The van der Waals surface area contributed by atoms with Crippen molar-refractivity contribution in [1.29, 1.82) is 0 Å². The van der Waals surface area contributed by atoms with Crippen LogP contribution in [0.3, 0.4) is 0 Å². The summed E-state index contributed by atoms with van der Waals surface area (Å²) in [6, 6.07) is 3.51. The molecule has 0 unspecified atom stereocenters. The average Bonchev–Trinajstić information content (AvgIpc) is 2.16. The van der Waals surface area contributed by atoms with Gasteiger partial charge in [-0.3, -0.25) is 4.79 Å². The Bertz CT molecular complexity index is 308. The number of hydrogen-bond acceptors (Lipinski definition) is 3. The van der Waals surface area contributed by atoms with Gasteiger partial charge in [0.05, 0.1) is 0 Å². The monoisotopic (exact) mass is 178 g/mol. The van der Waals surface area contributed by atoms with E-state index in [1.54, 1.807) is 25.4 Å². The van der Waals surface area contributed by atoms with Gasteiger partial charge in [-0.25, -0.2) is 4.98 Å². The Morgan fingerprint density at radius 3 is 2.77 bits per heavy atom. The van der Waals surface area contributed by atoms with Crippen LogP contribution in [0.5, 0.6) is 0 Å². The molecule has 1 N–H and O–H groups in total. The quantitative estimate of drug-likeness (QED) is 0.719. The van der Waals surface area contributed by atoms with Crippen LogP contribution in [0.4, 0.5) is 5.82 Å². The fourth-order valence-electron chi connectivity index (χ4n) is 1.05. The summed E-state index contributed by atoms with van der Waals surface area (Å²) in [6.45, 7) is 3.78. The zero-order valence-corrected chi connectivity index (χ0v) is 8.16. The molecule has 3 nitrogen and oxygen atoms in total. The molecule has 0 aromatic carbocycles. The van der Waals surface area contributed by atoms with Crippen LogP contribution in [0.1, 0.15) is 24.2 Å². The number of hydrogen-bond donors (Lipinski definition) is 1. The molecule has 1 heterocycles. The van der Waals surface area contributed by atoms with Gasteiger partial charge in [-0.1, -0.05) is 13.8 Å². The second-order valence-electron chi connectivity index (χ2n) is 3.20. The van der Waals surface area contributed by atoms with Crippen molar-refractivity contribution in [3.63, 3.8) is 0 Å². The van der Waals surface area contributed by atoms with E-state index in [0.717, 1.165) is 5.82 Å². The Labute approximate surface area is 78.2 Å². The molecule has 0 saturated carbocycles. The fourth-order valence-corrected chi connectivity index (χ4v) is 1.05. The van der Waals surface area contributed by atoms with E-state index in [2.05, 4.69) is 10.3 Å². The molecule has 1 aromatic heterocycles. The summed E-state index contributed by atoms with van der Waals surface area (Å²) in [6.07, 6.45) is 1.64. The number of pyridine rings is 1. The van der Waals surface area contributed by atoms with E-state index < -0.39 is 0 Å². The molecule has 0 spiro atoms. The van der Waals surface area contributed by atoms with E-state index in [-0.39, 0.29) is 11.7 Å². The van der Waals surface area contributed by atoms with E-state index in [4.69, 9.17) is 0 Å². The van der Waals surface area contributed by atoms with Gasteiger partial charge in [-0.05, 0) is 12.1 Å². The number of carbonyl (C=O) groups excluding carboxylic acids is 1. The van der Waals surface area contributed by atoms with Gasteiger partial charge >= 0.3 is 0 Å². The molecule has 0 aliphatic heterocycles. The Morgan fingerprint density at radius 2 is 2.23 bits per heavy atom. The number of carbonyl (C=O) groups is 1. The van der Waals surface area contributed by atoms with Gasteiger partial charge in [0, 0.05) is 24.7 Å². The number of rotatable bonds is 3. The maximum Gasteiger partial charge on any atom is 0.165 e. The molecule has 0 saturated heterocycles. The van der Waals surface area contributed by atoms with Crippen LogP contribution in [0.15, 0.2) is 18.3 Å². The lowest BCUT2D eigenvalue weighted by molar-refractivity contribution is 0.0939. The van der Waals surface area contributed by atoms with Gasteiger partial charge in [-0.15, -0.1) is 0 Å². The minimum atomic E-state index is 0.0344. The molecular weight excluding hydrogens is 164 g/mol. The lowest BCUT2D eigenvalue weighted by Gasteiger charge is -2.05. The second-order valence-corrected chi connectivity index (χ2v) is 3.20. The largest absolute Gasteiger partial charge is 0.373 e. The van der Waals surface area contributed by atoms with Crippen molar-refractivity contribution in [3.8, 4) is 0 Å². The SMILES string of the molecule is CNc1cc(C(=O)C(C)C)ccn1. The molecule has 70 valence electrons. The summed E-state index contributed by atoms with van der Waals surface area (Å²) >= 11 is 0. The van der Waals surface area contributed by atoms with E-state index in [1.165, 1.54) is 0 Å². The van der Waals surface area contributed by atoms with Crippen molar-refractivity contribution in [2.45, 2.75) is 13.8 Å². The molecule has 0 aliphatic carbocycles. The summed E-state index contributed by atoms with van der Waals surface area (Å²) in [5.74, 6) is 0.914. The van der Waals surface area contributed by atoms with Gasteiger partial charge in [0.25, 0.3) is 0 Å². The molecule has 0 bridgehead atoms. The van der Waals surface area contributed by atoms with Crippen LogP contribution < -0.4 is 5.32 Å². The first-order valence-electron chi connectivity index (χ1n) is 4.33. The van der Waals surface area contributed by atoms with Crippen molar-refractivity contribution < 1.29 is 4.79 Å². The smallest absolute Gasteiger partial charge is 0.165 e. The van der Waals surface area contributed by atoms with Gasteiger partial charge in [0.1, 0.15) is 5.82 Å². The third-order valence-corrected chi connectivity index (χ3v) is 1.82. The Kier molecular flexibility index (Phi) is 3.01. The van der Waals surface area contributed by atoms with Crippen LogP contribution >= 0.6 is 0 Å². The number of nitrogens with one attached hydrogen (secondary N) is 1. The number of nitrogens with zero attached hydrogens (tertiary/aromatic N) is 1. The first kappa shape index (κ1) is 9.71. The van der Waals surface area contributed by atoms with Crippen LogP contribution in [0, 0.1) is 5.92 Å². The average molecular weight is 178 g/mol. The van der Waals surface area contributed by atoms with Crippen LogP contribution in [0.2, 0.25) is 0 Å². The van der Waals surface area contributed by atoms with Crippen molar-refractivity contribution in [3.05, 3.63) is 23.9 Å². The summed E-state index contributed by atoms with van der Waals surface area (Å²) < 4.78 is 0. The minimum Gasteiger partial charge on any atom is -0.373 e. The zero-order chi connectivity index (χ0) is 9.84. The Morgan fingerprint density at radius 1 is 1.54 bits per heavy atom. The highest BCUT2D eigenvalue weighted by Crippen LogP contribution is 2.10. The molecule has 0 aliphatic rings. The van der Waals surface area contributed by atoms with E-state index in [1.807, 2.05) is 13.8 Å². The summed E-state index contributed by atoms with van der Waals surface area (Å²) in [7, 11) is 1.78. The summed E-state index contributed by atoms with van der Waals surface area (Å²) in [5, 5.41) is 2.90. The Hall–Kier alpha value is -1.38. The normalized spacial score (nSPS) is 10.2. The van der Waals surface area contributed by atoms with Crippen molar-refractivity contribution in [1.82, 2.24) is 4.98 Å². The first-order valence-corrected chi connectivity index (χ1v) is 4.33. The second kappa shape index (κ2) is 4.03. The maximum atomic E-state index is 11.6. The Balaban J connectivity index is 2.95. The van der Waals surface area contributed by atoms with Crippen molar-refractivity contribution >= 4 is 11.6 Å². The topological polar surface area (TPSA) is 42.0 Å². The summed E-state index contributed by atoms with van der Waals surface area (Å²) in [4.78, 5) is 15.6. The predicted octanol–water partition coefficient (Wildman–Crippen LogP) is 1.96. The third kappa shape index (κ3) is 2.28. The van der Waals surface area contributed by atoms with Crippen molar-refractivity contribution in [2.75, 3.05) is 12.4 Å². The highest BCUT2D eigenvalue weighted by Gasteiger charge is 2.10. The van der Waals surface area contributed by atoms with Gasteiger partial charge in [-0.2, -0.15) is 0 Å². The lowest BCUT2D eigenvalue weighted by atomic mass is 10.0. The van der Waals surface area contributed by atoms with Crippen LogP contribution in [-0.2, 0) is 0 Å². The number of anilines is 1. The highest BCUT2D eigenvalue weighted by molar-refractivity contribution is 5.97. The first-order chi connectivity index (χ1) is 6.15. The van der Waals surface area contributed by atoms with E-state index >= 15 is 0 Å². The van der Waals surface area contributed by atoms with Gasteiger partial charge < -0.3 is 5.32 Å². The van der Waals surface area contributed by atoms with E-state index in [0.29, 0.717) is 5.56 Å². The molecule has 1 aromatic rings. The maximum absolute atomic E-state index is 11.6. The molecule has 1 rings (SSSR count). The minimum absolute atomic E-state index is 0.0344. The number of ketones is 1.